The molecule has 1 fully saturated rings. The smallest absolute Gasteiger partial charge is 0.0693 e. The molecule has 0 amide bonds. The fraction of sp³-hybridized carbons (Fsp3) is 0.750. The van der Waals surface area contributed by atoms with Crippen LogP contribution < -0.4 is 0 Å². The van der Waals surface area contributed by atoms with Crippen molar-refractivity contribution in [3.8, 4) is 0 Å². The molecule has 1 atom stereocenters. The number of hydrogen-bond acceptors (Lipinski definition) is 3. The highest BCUT2D eigenvalue weighted by molar-refractivity contribution is 4.81. The van der Waals surface area contributed by atoms with Crippen LogP contribution in [0.4, 0.5) is 0 Å². The van der Waals surface area contributed by atoms with Gasteiger partial charge in [-0.3, -0.25) is 0 Å². The van der Waals surface area contributed by atoms with Crippen LogP contribution in [0.3, 0.4) is 0 Å². The Labute approximate surface area is 72.2 Å². The highest BCUT2D eigenvalue weighted by atomic mass is 15.4. The molecule has 1 aromatic rings. The Balaban J connectivity index is 2.00. The first-order valence-corrected chi connectivity index (χ1v) is 4.48. The summed E-state index contributed by atoms with van der Waals surface area (Å²) in [5.74, 6) is 0. The van der Waals surface area contributed by atoms with Gasteiger partial charge in [0, 0.05) is 19.3 Å². The summed E-state index contributed by atoms with van der Waals surface area (Å²) in [6, 6.07) is 0.549. The molecular formula is C8H14N4. The van der Waals surface area contributed by atoms with E-state index in [-0.39, 0.29) is 0 Å². The molecule has 0 spiro atoms. The summed E-state index contributed by atoms with van der Waals surface area (Å²) in [6.45, 7) is 5.66. The fourth-order valence-corrected chi connectivity index (χ4v) is 1.73. The number of rotatable bonds is 2. The Kier molecular flexibility index (Phi) is 2.08. The summed E-state index contributed by atoms with van der Waals surface area (Å²) >= 11 is 0. The summed E-state index contributed by atoms with van der Waals surface area (Å²) in [7, 11) is 0. The van der Waals surface area contributed by atoms with Crippen LogP contribution in [0.25, 0.3) is 0 Å². The molecular weight excluding hydrogens is 152 g/mol. The standard InChI is InChI=1S/C8H14N4/c1-2-11-5-3-8(7-11)12-6-4-9-10-12/h4,6,8H,2-3,5,7H2,1H3. The van der Waals surface area contributed by atoms with Gasteiger partial charge in [-0.25, -0.2) is 4.68 Å². The largest absolute Gasteiger partial charge is 0.301 e. The van der Waals surface area contributed by atoms with E-state index in [1.807, 2.05) is 10.9 Å². The van der Waals surface area contributed by atoms with Gasteiger partial charge in [-0.15, -0.1) is 5.10 Å². The summed E-state index contributed by atoms with van der Waals surface area (Å²) in [4.78, 5) is 2.44. The second kappa shape index (κ2) is 3.23. The lowest BCUT2D eigenvalue weighted by Gasteiger charge is -2.12. The molecule has 1 aliphatic heterocycles. The van der Waals surface area contributed by atoms with Crippen molar-refractivity contribution in [3.05, 3.63) is 12.4 Å². The Hall–Kier alpha value is -0.900. The molecule has 1 aromatic heterocycles. The topological polar surface area (TPSA) is 34.0 Å². The SMILES string of the molecule is CCN1CCC(n2ccnn2)C1. The molecule has 0 N–H and O–H groups in total. The average Bonchev–Trinajstić information content (AvgIpc) is 2.75. The third-order valence-electron chi connectivity index (χ3n) is 2.51. The number of likely N-dealkylation sites (N-methyl/N-ethyl adjacent to an activating group) is 1. The monoisotopic (exact) mass is 166 g/mol. The normalized spacial score (nSPS) is 24.9. The van der Waals surface area contributed by atoms with Gasteiger partial charge in [0.1, 0.15) is 0 Å². The van der Waals surface area contributed by atoms with E-state index >= 15 is 0 Å². The van der Waals surface area contributed by atoms with Crippen molar-refractivity contribution >= 4 is 0 Å². The van der Waals surface area contributed by atoms with Crippen molar-refractivity contribution in [1.29, 1.82) is 0 Å². The van der Waals surface area contributed by atoms with Gasteiger partial charge >= 0.3 is 0 Å². The van der Waals surface area contributed by atoms with Crippen LogP contribution in [0.15, 0.2) is 12.4 Å². The Bertz CT molecular complexity index is 231. The molecule has 66 valence electrons. The number of hydrogen-bond donors (Lipinski definition) is 0. The van der Waals surface area contributed by atoms with E-state index in [4.69, 9.17) is 0 Å². The number of aromatic nitrogens is 3. The average molecular weight is 166 g/mol. The minimum absolute atomic E-state index is 0.549. The van der Waals surface area contributed by atoms with Gasteiger partial charge in [0.2, 0.25) is 0 Å². The minimum atomic E-state index is 0.549. The quantitative estimate of drug-likeness (QED) is 0.643. The summed E-state index contributed by atoms with van der Waals surface area (Å²) < 4.78 is 1.97. The van der Waals surface area contributed by atoms with Gasteiger partial charge in [0.05, 0.1) is 12.2 Å². The maximum atomic E-state index is 4.01. The molecule has 1 saturated heterocycles. The molecule has 2 rings (SSSR count). The Morgan fingerprint density at radius 1 is 1.58 bits per heavy atom. The second-order valence-corrected chi connectivity index (χ2v) is 3.22. The highest BCUT2D eigenvalue weighted by Gasteiger charge is 2.22. The van der Waals surface area contributed by atoms with Crippen LogP contribution in [0.5, 0.6) is 0 Å². The van der Waals surface area contributed by atoms with Crippen LogP contribution in [0.2, 0.25) is 0 Å². The minimum Gasteiger partial charge on any atom is -0.301 e. The van der Waals surface area contributed by atoms with E-state index in [1.54, 1.807) is 6.20 Å². The predicted molar refractivity (Wildman–Crippen MR) is 45.8 cm³/mol. The van der Waals surface area contributed by atoms with Crippen molar-refractivity contribution in [2.45, 2.75) is 19.4 Å². The molecule has 4 heteroatoms. The van der Waals surface area contributed by atoms with Crippen molar-refractivity contribution < 1.29 is 0 Å². The summed E-state index contributed by atoms with van der Waals surface area (Å²) in [5, 5.41) is 7.82. The Morgan fingerprint density at radius 2 is 2.50 bits per heavy atom. The van der Waals surface area contributed by atoms with Crippen LogP contribution in [0, 0.1) is 0 Å². The predicted octanol–water partition coefficient (Wildman–Crippen LogP) is 0.545. The zero-order chi connectivity index (χ0) is 8.39. The van der Waals surface area contributed by atoms with Crippen molar-refractivity contribution in [2.75, 3.05) is 19.6 Å². The van der Waals surface area contributed by atoms with Gasteiger partial charge in [-0.2, -0.15) is 0 Å². The molecule has 0 radical (unpaired) electrons. The second-order valence-electron chi connectivity index (χ2n) is 3.22. The zero-order valence-electron chi connectivity index (χ0n) is 7.35. The van der Waals surface area contributed by atoms with E-state index in [1.165, 1.54) is 13.0 Å². The first-order chi connectivity index (χ1) is 5.90. The maximum absolute atomic E-state index is 4.01. The molecule has 0 aliphatic carbocycles. The van der Waals surface area contributed by atoms with Crippen LogP contribution in [-0.2, 0) is 0 Å². The molecule has 0 aromatic carbocycles. The van der Waals surface area contributed by atoms with Gasteiger partial charge in [-0.1, -0.05) is 12.1 Å². The third-order valence-corrected chi connectivity index (χ3v) is 2.51. The lowest BCUT2D eigenvalue weighted by molar-refractivity contribution is 0.334. The van der Waals surface area contributed by atoms with Crippen molar-refractivity contribution in [1.82, 2.24) is 19.9 Å². The molecule has 1 unspecified atom stereocenters. The van der Waals surface area contributed by atoms with Crippen molar-refractivity contribution in [2.24, 2.45) is 0 Å². The van der Waals surface area contributed by atoms with Gasteiger partial charge < -0.3 is 4.90 Å². The van der Waals surface area contributed by atoms with Crippen LogP contribution >= 0.6 is 0 Å². The number of nitrogens with zero attached hydrogens (tertiary/aromatic N) is 4. The zero-order valence-corrected chi connectivity index (χ0v) is 7.35. The Morgan fingerprint density at radius 3 is 3.08 bits per heavy atom. The lowest BCUT2D eigenvalue weighted by Crippen LogP contribution is -2.21. The lowest BCUT2D eigenvalue weighted by atomic mass is 10.3. The molecule has 0 saturated carbocycles. The fourth-order valence-electron chi connectivity index (χ4n) is 1.73. The molecule has 0 bridgehead atoms. The summed E-state index contributed by atoms with van der Waals surface area (Å²) in [5.41, 5.74) is 0. The van der Waals surface area contributed by atoms with E-state index in [0.29, 0.717) is 6.04 Å². The van der Waals surface area contributed by atoms with E-state index in [9.17, 15) is 0 Å². The maximum Gasteiger partial charge on any atom is 0.0693 e. The highest BCUT2D eigenvalue weighted by Crippen LogP contribution is 2.19. The molecule has 12 heavy (non-hydrogen) atoms. The van der Waals surface area contributed by atoms with Crippen LogP contribution in [0.1, 0.15) is 19.4 Å². The molecule has 4 nitrogen and oxygen atoms in total. The third kappa shape index (κ3) is 1.34. The van der Waals surface area contributed by atoms with Crippen molar-refractivity contribution in [3.63, 3.8) is 0 Å². The molecule has 1 aliphatic rings. The van der Waals surface area contributed by atoms with E-state index < -0.39 is 0 Å². The molecule has 2 heterocycles. The van der Waals surface area contributed by atoms with Gasteiger partial charge in [0.15, 0.2) is 0 Å². The summed E-state index contributed by atoms with van der Waals surface area (Å²) in [6.07, 6.45) is 4.90. The first-order valence-electron chi connectivity index (χ1n) is 4.48. The van der Waals surface area contributed by atoms with E-state index in [0.717, 1.165) is 13.1 Å². The van der Waals surface area contributed by atoms with Crippen LogP contribution in [-0.4, -0.2) is 39.5 Å². The number of likely N-dealkylation sites (tertiary alicyclic amines) is 1. The first kappa shape index (κ1) is 7.73. The van der Waals surface area contributed by atoms with E-state index in [2.05, 4.69) is 22.1 Å². The van der Waals surface area contributed by atoms with Gasteiger partial charge in [0.25, 0.3) is 0 Å². The van der Waals surface area contributed by atoms with Gasteiger partial charge in [-0.05, 0) is 13.0 Å².